The van der Waals surface area contributed by atoms with E-state index in [1.807, 2.05) is 33.7 Å². The van der Waals surface area contributed by atoms with E-state index in [1.165, 1.54) is 0 Å². The Morgan fingerprint density at radius 2 is 2.10 bits per heavy atom. The fourth-order valence-corrected chi connectivity index (χ4v) is 4.58. The SMILES string of the molecule is CN=C(NCCCN1CCCC1C(=O)N(C)C)N1CCC(C)C(n2ccnc2)C1.I. The van der Waals surface area contributed by atoms with Crippen LogP contribution >= 0.6 is 24.0 Å². The molecular formula is C21H38IN7O. The van der Waals surface area contributed by atoms with Gasteiger partial charge < -0.3 is 19.7 Å². The number of nitrogens with one attached hydrogen (secondary N) is 1. The fourth-order valence-electron chi connectivity index (χ4n) is 4.58. The van der Waals surface area contributed by atoms with Gasteiger partial charge >= 0.3 is 0 Å². The number of likely N-dealkylation sites (tertiary alicyclic amines) is 2. The lowest BCUT2D eigenvalue weighted by Gasteiger charge is -2.39. The van der Waals surface area contributed by atoms with Crippen molar-refractivity contribution in [2.45, 2.75) is 44.7 Å². The van der Waals surface area contributed by atoms with Crippen LogP contribution in [0.4, 0.5) is 0 Å². The Balaban J connectivity index is 0.00000320. The van der Waals surface area contributed by atoms with Crippen molar-refractivity contribution in [3.05, 3.63) is 18.7 Å². The molecule has 0 bridgehead atoms. The largest absolute Gasteiger partial charge is 0.356 e. The van der Waals surface area contributed by atoms with E-state index in [1.54, 1.807) is 4.90 Å². The van der Waals surface area contributed by atoms with Crippen LogP contribution in [0.3, 0.4) is 0 Å². The molecule has 0 aliphatic carbocycles. The van der Waals surface area contributed by atoms with Gasteiger partial charge in [-0.05, 0) is 38.1 Å². The second-order valence-corrected chi connectivity index (χ2v) is 8.54. The minimum Gasteiger partial charge on any atom is -0.356 e. The standard InChI is InChI=1S/C21H37N7O.HI/c1-17-8-13-27(15-19(17)28-14-10-23-16-28)21(22-2)24-9-6-12-26-11-5-7-18(26)20(29)25(3)4;/h10,14,16-19H,5-9,11-13,15H2,1-4H3,(H,22,24);1H. The molecule has 3 unspecified atom stereocenters. The molecule has 1 amide bonds. The first-order chi connectivity index (χ1) is 14.0. The van der Waals surface area contributed by atoms with Gasteiger partial charge in [-0.1, -0.05) is 6.92 Å². The van der Waals surface area contributed by atoms with E-state index in [2.05, 4.69) is 42.8 Å². The smallest absolute Gasteiger partial charge is 0.239 e. The third-order valence-corrected chi connectivity index (χ3v) is 6.33. The van der Waals surface area contributed by atoms with Gasteiger partial charge in [-0.15, -0.1) is 24.0 Å². The summed E-state index contributed by atoms with van der Waals surface area (Å²) < 4.78 is 2.22. The second-order valence-electron chi connectivity index (χ2n) is 8.54. The molecule has 3 rings (SSSR count). The van der Waals surface area contributed by atoms with Gasteiger partial charge in [0.15, 0.2) is 5.96 Å². The molecule has 3 heterocycles. The lowest BCUT2D eigenvalue weighted by atomic mass is 9.93. The fraction of sp³-hybridized carbons (Fsp3) is 0.762. The topological polar surface area (TPSA) is 69.0 Å². The van der Waals surface area contributed by atoms with Crippen LogP contribution in [0.25, 0.3) is 0 Å². The number of rotatable bonds is 6. The van der Waals surface area contributed by atoms with Crippen molar-refractivity contribution in [2.75, 3.05) is 53.9 Å². The third-order valence-electron chi connectivity index (χ3n) is 6.33. The molecule has 170 valence electrons. The summed E-state index contributed by atoms with van der Waals surface area (Å²) in [5, 5.41) is 3.54. The maximum atomic E-state index is 12.3. The highest BCUT2D eigenvalue weighted by atomic mass is 127. The summed E-state index contributed by atoms with van der Waals surface area (Å²) in [5.41, 5.74) is 0. The number of carbonyl (C=O) groups is 1. The van der Waals surface area contributed by atoms with Crippen molar-refractivity contribution >= 4 is 35.8 Å². The number of guanidine groups is 1. The summed E-state index contributed by atoms with van der Waals surface area (Å²) in [5.74, 6) is 1.84. The number of aliphatic imine (C=N–C) groups is 1. The summed E-state index contributed by atoms with van der Waals surface area (Å²) in [6.45, 7) is 7.13. The molecule has 1 aromatic rings. The minimum absolute atomic E-state index is 0. The number of hydrogen-bond donors (Lipinski definition) is 1. The molecule has 1 aromatic heterocycles. The molecule has 0 aromatic carbocycles. The highest BCUT2D eigenvalue weighted by Crippen LogP contribution is 2.27. The number of amides is 1. The number of likely N-dealkylation sites (N-methyl/N-ethyl adjacent to an activating group) is 1. The number of aromatic nitrogens is 2. The van der Waals surface area contributed by atoms with E-state index in [0.717, 1.165) is 64.4 Å². The number of nitrogens with zero attached hydrogens (tertiary/aromatic N) is 6. The summed E-state index contributed by atoms with van der Waals surface area (Å²) in [6, 6.07) is 0.482. The normalized spacial score (nSPS) is 25.1. The van der Waals surface area contributed by atoms with Crippen LogP contribution in [-0.4, -0.2) is 96.0 Å². The summed E-state index contributed by atoms with van der Waals surface area (Å²) in [7, 11) is 5.56. The molecular weight excluding hydrogens is 493 g/mol. The predicted molar refractivity (Wildman–Crippen MR) is 131 cm³/mol. The Hall–Kier alpha value is -1.36. The lowest BCUT2D eigenvalue weighted by Crippen LogP contribution is -2.49. The molecule has 0 spiro atoms. The van der Waals surface area contributed by atoms with Gasteiger partial charge in [0.1, 0.15) is 0 Å². The molecule has 0 saturated carbocycles. The van der Waals surface area contributed by atoms with Crippen molar-refractivity contribution in [2.24, 2.45) is 10.9 Å². The van der Waals surface area contributed by atoms with Crippen molar-refractivity contribution in [3.63, 3.8) is 0 Å². The van der Waals surface area contributed by atoms with Gasteiger partial charge in [-0.2, -0.15) is 0 Å². The zero-order chi connectivity index (χ0) is 20.8. The van der Waals surface area contributed by atoms with Gasteiger partial charge in [-0.25, -0.2) is 4.98 Å². The maximum absolute atomic E-state index is 12.3. The molecule has 8 nitrogen and oxygen atoms in total. The second kappa shape index (κ2) is 11.9. The van der Waals surface area contributed by atoms with E-state index in [4.69, 9.17) is 0 Å². The lowest BCUT2D eigenvalue weighted by molar-refractivity contribution is -0.133. The number of halogens is 1. The number of carbonyl (C=O) groups excluding carboxylic acids is 1. The molecule has 0 radical (unpaired) electrons. The van der Waals surface area contributed by atoms with E-state index in [0.29, 0.717) is 12.0 Å². The van der Waals surface area contributed by atoms with Gasteiger partial charge in [-0.3, -0.25) is 14.7 Å². The number of hydrogen-bond acceptors (Lipinski definition) is 4. The minimum atomic E-state index is 0. The van der Waals surface area contributed by atoms with E-state index < -0.39 is 0 Å². The highest BCUT2D eigenvalue weighted by molar-refractivity contribution is 14.0. The molecule has 3 atom stereocenters. The summed E-state index contributed by atoms with van der Waals surface area (Å²) >= 11 is 0. The van der Waals surface area contributed by atoms with Crippen LogP contribution in [0.5, 0.6) is 0 Å². The third kappa shape index (κ3) is 6.09. The Labute approximate surface area is 198 Å². The predicted octanol–water partition coefficient (Wildman–Crippen LogP) is 1.90. The Morgan fingerprint density at radius 1 is 1.30 bits per heavy atom. The Kier molecular flexibility index (Phi) is 9.86. The monoisotopic (exact) mass is 531 g/mol. The van der Waals surface area contributed by atoms with E-state index in [-0.39, 0.29) is 35.9 Å². The molecule has 2 aliphatic heterocycles. The molecule has 30 heavy (non-hydrogen) atoms. The van der Waals surface area contributed by atoms with Crippen LogP contribution in [0.2, 0.25) is 0 Å². The molecule has 9 heteroatoms. The maximum Gasteiger partial charge on any atom is 0.239 e. The van der Waals surface area contributed by atoms with E-state index >= 15 is 0 Å². The highest BCUT2D eigenvalue weighted by Gasteiger charge is 2.31. The van der Waals surface area contributed by atoms with Crippen molar-refractivity contribution < 1.29 is 4.79 Å². The first-order valence-corrected chi connectivity index (χ1v) is 10.9. The van der Waals surface area contributed by atoms with E-state index in [9.17, 15) is 4.79 Å². The molecule has 2 fully saturated rings. The van der Waals surface area contributed by atoms with Gasteiger partial charge in [0, 0.05) is 59.7 Å². The molecule has 2 saturated heterocycles. The zero-order valence-corrected chi connectivity index (χ0v) is 21.2. The quantitative estimate of drug-likeness (QED) is 0.263. The molecule has 1 N–H and O–H groups in total. The zero-order valence-electron chi connectivity index (χ0n) is 18.8. The summed E-state index contributed by atoms with van der Waals surface area (Å²) in [4.78, 5) is 27.5. The van der Waals surface area contributed by atoms with Gasteiger partial charge in [0.25, 0.3) is 0 Å². The van der Waals surface area contributed by atoms with Crippen LogP contribution < -0.4 is 5.32 Å². The first-order valence-electron chi connectivity index (χ1n) is 10.9. The van der Waals surface area contributed by atoms with Crippen molar-refractivity contribution in [1.82, 2.24) is 29.6 Å². The number of piperidine rings is 1. The van der Waals surface area contributed by atoms with Crippen LogP contribution in [-0.2, 0) is 4.79 Å². The molecule has 2 aliphatic rings. The Bertz CT molecular complexity index is 679. The van der Waals surface area contributed by atoms with Crippen LogP contribution in [0.1, 0.15) is 38.6 Å². The first kappa shape index (κ1) is 24.9. The van der Waals surface area contributed by atoms with Crippen LogP contribution in [0.15, 0.2) is 23.7 Å². The van der Waals surface area contributed by atoms with Gasteiger partial charge in [0.2, 0.25) is 5.91 Å². The van der Waals surface area contributed by atoms with Crippen molar-refractivity contribution in [1.29, 1.82) is 0 Å². The Morgan fingerprint density at radius 3 is 2.77 bits per heavy atom. The average Bonchev–Trinajstić information content (AvgIpc) is 3.40. The average molecular weight is 531 g/mol. The summed E-state index contributed by atoms with van der Waals surface area (Å²) in [6.07, 6.45) is 10.1. The van der Waals surface area contributed by atoms with Gasteiger partial charge in [0.05, 0.1) is 18.4 Å². The van der Waals surface area contributed by atoms with Crippen LogP contribution in [0, 0.1) is 5.92 Å². The number of imidazole rings is 1. The van der Waals surface area contributed by atoms with Crippen molar-refractivity contribution in [3.8, 4) is 0 Å².